The number of thioether (sulfide) groups is 1. The summed E-state index contributed by atoms with van der Waals surface area (Å²) in [4.78, 5) is 16.8. The normalized spacial score (nSPS) is 25.4. The number of hydrogen-bond donors (Lipinski definition) is 1. The molecule has 3 fully saturated rings. The van der Waals surface area contributed by atoms with Crippen LogP contribution in [0.5, 0.6) is 0 Å². The third kappa shape index (κ3) is 4.45. The van der Waals surface area contributed by atoms with Crippen LogP contribution in [0.15, 0.2) is 41.8 Å². The smallest absolute Gasteiger partial charge is 0.251 e. The Labute approximate surface area is 184 Å². The lowest BCUT2D eigenvalue weighted by molar-refractivity contribution is -0.0955. The topological polar surface area (TPSA) is 56.1 Å². The van der Waals surface area contributed by atoms with Crippen LogP contribution >= 0.6 is 11.8 Å². The lowest BCUT2D eigenvalue weighted by atomic mass is 9.56. The average Bonchev–Trinajstić information content (AvgIpc) is 3.22. The van der Waals surface area contributed by atoms with E-state index in [-0.39, 0.29) is 16.9 Å². The molecule has 2 bridgehead atoms. The van der Waals surface area contributed by atoms with Crippen LogP contribution in [0.25, 0.3) is 0 Å². The summed E-state index contributed by atoms with van der Waals surface area (Å²) in [6, 6.07) is 8.31. The summed E-state index contributed by atoms with van der Waals surface area (Å²) in [7, 11) is 3.87. The van der Waals surface area contributed by atoms with Crippen LogP contribution in [-0.2, 0) is 17.2 Å². The predicted molar refractivity (Wildman–Crippen MR) is 120 cm³/mol. The van der Waals surface area contributed by atoms with Crippen LogP contribution < -0.4 is 5.32 Å². The molecule has 161 valence electrons. The molecule has 1 N–H and O–H groups in total. The zero-order valence-electron chi connectivity index (χ0n) is 18.0. The number of ether oxygens (including phenoxy) is 1. The number of carbonyl (C=O) groups is 1. The molecule has 1 aromatic carbocycles. The number of methoxy groups -OCH3 is 1. The molecular weight excluding hydrogens is 394 g/mol. The second kappa shape index (κ2) is 9.15. The lowest BCUT2D eigenvalue weighted by Gasteiger charge is -2.53. The van der Waals surface area contributed by atoms with E-state index >= 15 is 0 Å². The first-order chi connectivity index (χ1) is 14.6. The van der Waals surface area contributed by atoms with E-state index in [0.29, 0.717) is 0 Å². The SMILES string of the molecule is COC12CCC(c3ccc(C(=O)N[CH]CCCSc4nccn4C)cc3)(CC1)CC2. The molecule has 5 rings (SSSR count). The molecule has 6 heteroatoms. The summed E-state index contributed by atoms with van der Waals surface area (Å²) in [6.07, 6.45) is 12.7. The van der Waals surface area contributed by atoms with Crippen LogP contribution in [-0.4, -0.2) is 33.9 Å². The molecule has 3 saturated carbocycles. The number of nitrogens with one attached hydrogen (secondary N) is 1. The Bertz CT molecular complexity index is 837. The molecule has 1 heterocycles. The molecule has 0 atom stereocenters. The van der Waals surface area contributed by atoms with E-state index in [1.807, 2.05) is 49.8 Å². The summed E-state index contributed by atoms with van der Waals surface area (Å²) in [6.45, 7) is 1.88. The van der Waals surface area contributed by atoms with E-state index in [1.54, 1.807) is 11.8 Å². The monoisotopic (exact) mass is 426 g/mol. The van der Waals surface area contributed by atoms with E-state index in [4.69, 9.17) is 4.74 Å². The molecular formula is C24H32N3O2S. The van der Waals surface area contributed by atoms with Gasteiger partial charge in [-0.05, 0) is 74.5 Å². The fourth-order valence-electron chi connectivity index (χ4n) is 4.95. The number of amides is 1. The molecule has 0 saturated heterocycles. The van der Waals surface area contributed by atoms with Crippen molar-refractivity contribution in [3.63, 3.8) is 0 Å². The van der Waals surface area contributed by atoms with Gasteiger partial charge < -0.3 is 14.6 Å². The molecule has 2 aromatic rings. The second-order valence-electron chi connectivity index (χ2n) is 8.73. The van der Waals surface area contributed by atoms with Crippen LogP contribution in [0, 0.1) is 6.54 Å². The van der Waals surface area contributed by atoms with Crippen LogP contribution in [0.4, 0.5) is 0 Å². The fraction of sp³-hybridized carbons (Fsp3) is 0.542. The Morgan fingerprint density at radius 3 is 2.50 bits per heavy atom. The van der Waals surface area contributed by atoms with Gasteiger partial charge in [-0.2, -0.15) is 0 Å². The number of rotatable bonds is 9. The van der Waals surface area contributed by atoms with Crippen molar-refractivity contribution in [1.29, 1.82) is 0 Å². The van der Waals surface area contributed by atoms with Gasteiger partial charge in [0.1, 0.15) is 0 Å². The van der Waals surface area contributed by atoms with Gasteiger partial charge in [-0.3, -0.25) is 4.79 Å². The minimum absolute atomic E-state index is 0.0264. The highest BCUT2D eigenvalue weighted by Gasteiger charge is 2.49. The Morgan fingerprint density at radius 1 is 1.20 bits per heavy atom. The van der Waals surface area contributed by atoms with E-state index in [2.05, 4.69) is 22.4 Å². The highest BCUT2D eigenvalue weighted by Crippen LogP contribution is 2.54. The van der Waals surface area contributed by atoms with Crippen molar-refractivity contribution in [2.45, 2.75) is 67.5 Å². The number of benzene rings is 1. The van der Waals surface area contributed by atoms with Crippen molar-refractivity contribution in [3.05, 3.63) is 54.3 Å². The molecule has 1 amide bonds. The zero-order valence-corrected chi connectivity index (χ0v) is 18.8. The lowest BCUT2D eigenvalue weighted by Crippen LogP contribution is -2.49. The van der Waals surface area contributed by atoms with Crippen LogP contribution in [0.1, 0.15) is 67.3 Å². The van der Waals surface area contributed by atoms with Gasteiger partial charge in [0, 0.05) is 44.4 Å². The maximum absolute atomic E-state index is 12.5. The Kier molecular flexibility index (Phi) is 6.54. The van der Waals surface area contributed by atoms with Gasteiger partial charge in [-0.15, -0.1) is 0 Å². The Morgan fingerprint density at radius 2 is 1.90 bits per heavy atom. The number of aryl methyl sites for hydroxylation is 1. The molecule has 0 spiro atoms. The summed E-state index contributed by atoms with van der Waals surface area (Å²) in [5.74, 6) is 0.958. The summed E-state index contributed by atoms with van der Waals surface area (Å²) in [5, 5.41) is 3.97. The van der Waals surface area contributed by atoms with E-state index < -0.39 is 0 Å². The molecule has 30 heavy (non-hydrogen) atoms. The number of unbranched alkanes of at least 4 members (excludes halogenated alkanes) is 1. The number of hydrogen-bond acceptors (Lipinski definition) is 4. The van der Waals surface area contributed by atoms with Crippen LogP contribution in [0.2, 0.25) is 0 Å². The summed E-state index contributed by atoms with van der Waals surface area (Å²) in [5.41, 5.74) is 2.53. The van der Waals surface area contributed by atoms with Gasteiger partial charge >= 0.3 is 0 Å². The van der Waals surface area contributed by atoms with Gasteiger partial charge in [-0.25, -0.2) is 4.98 Å². The maximum Gasteiger partial charge on any atom is 0.251 e. The Hall–Kier alpha value is -1.79. The minimum Gasteiger partial charge on any atom is -0.378 e. The summed E-state index contributed by atoms with van der Waals surface area (Å²) >= 11 is 1.74. The van der Waals surface area contributed by atoms with Crippen molar-refractivity contribution in [2.75, 3.05) is 12.9 Å². The molecule has 3 aliphatic carbocycles. The standard InChI is InChI=1S/C24H32N3O2S/c1-27-17-16-26-22(27)30-18-4-3-15-25-21(28)19-5-7-20(8-6-19)23-9-12-24(29-2,13-10-23)14-11-23/h5-8,15-17H,3-4,9-14,18H2,1-2H3,(H,25,28). The first kappa shape index (κ1) is 21.4. The third-order valence-corrected chi connectivity index (χ3v) is 8.25. The van der Waals surface area contributed by atoms with Gasteiger partial charge in [0.25, 0.3) is 5.91 Å². The number of imidazole rings is 1. The number of nitrogens with zero attached hydrogens (tertiary/aromatic N) is 2. The van der Waals surface area contributed by atoms with E-state index in [1.165, 1.54) is 24.8 Å². The minimum atomic E-state index is -0.0264. The molecule has 3 aliphatic rings. The first-order valence-corrected chi connectivity index (χ1v) is 11.9. The van der Waals surface area contributed by atoms with Gasteiger partial charge in [-0.1, -0.05) is 23.9 Å². The molecule has 1 aromatic heterocycles. The molecule has 1 radical (unpaired) electrons. The zero-order chi connectivity index (χ0) is 21.0. The van der Waals surface area contributed by atoms with E-state index in [0.717, 1.165) is 48.6 Å². The van der Waals surface area contributed by atoms with Crippen molar-refractivity contribution in [3.8, 4) is 0 Å². The van der Waals surface area contributed by atoms with Gasteiger partial charge in [0.2, 0.25) is 0 Å². The number of carbonyl (C=O) groups excluding carboxylic acids is 1. The fourth-order valence-corrected chi connectivity index (χ4v) is 5.85. The quantitative estimate of drug-likeness (QED) is 0.459. The summed E-state index contributed by atoms with van der Waals surface area (Å²) < 4.78 is 7.84. The van der Waals surface area contributed by atoms with Crippen LogP contribution in [0.3, 0.4) is 0 Å². The van der Waals surface area contributed by atoms with Crippen molar-refractivity contribution < 1.29 is 9.53 Å². The maximum atomic E-state index is 12.5. The predicted octanol–water partition coefficient (Wildman–Crippen LogP) is 4.87. The Balaban J connectivity index is 1.21. The molecule has 0 aliphatic heterocycles. The van der Waals surface area contributed by atoms with E-state index in [9.17, 15) is 4.79 Å². The average molecular weight is 427 g/mol. The van der Waals surface area contributed by atoms with Crippen molar-refractivity contribution in [2.24, 2.45) is 7.05 Å². The largest absolute Gasteiger partial charge is 0.378 e. The van der Waals surface area contributed by atoms with Gasteiger partial charge in [0.05, 0.1) is 5.60 Å². The van der Waals surface area contributed by atoms with Crippen molar-refractivity contribution in [1.82, 2.24) is 14.9 Å². The van der Waals surface area contributed by atoms with Crippen molar-refractivity contribution >= 4 is 17.7 Å². The van der Waals surface area contributed by atoms with Gasteiger partial charge in [0.15, 0.2) is 5.16 Å². The third-order valence-electron chi connectivity index (χ3n) is 7.10. The second-order valence-corrected chi connectivity index (χ2v) is 9.80. The highest BCUT2D eigenvalue weighted by molar-refractivity contribution is 7.99. The molecule has 0 unspecified atom stereocenters. The number of aromatic nitrogens is 2. The molecule has 5 nitrogen and oxygen atoms in total. The first-order valence-electron chi connectivity index (χ1n) is 10.9. The number of fused-ring (bicyclic) bond motifs is 3. The highest BCUT2D eigenvalue weighted by atomic mass is 32.2.